The lowest BCUT2D eigenvalue weighted by molar-refractivity contribution is -0.135. The fourth-order valence-electron chi connectivity index (χ4n) is 4.48. The van der Waals surface area contributed by atoms with Gasteiger partial charge in [0, 0.05) is 25.2 Å². The van der Waals surface area contributed by atoms with E-state index in [-0.39, 0.29) is 30.3 Å². The third-order valence-corrected chi connectivity index (χ3v) is 8.53. The van der Waals surface area contributed by atoms with Gasteiger partial charge in [0.1, 0.15) is 40.3 Å². The second-order valence-corrected chi connectivity index (χ2v) is 11.5. The van der Waals surface area contributed by atoms with Gasteiger partial charge in [-0.15, -0.1) is 0 Å². The Morgan fingerprint density at radius 3 is 2.35 bits per heavy atom. The van der Waals surface area contributed by atoms with E-state index in [1.807, 2.05) is 0 Å². The summed E-state index contributed by atoms with van der Waals surface area (Å²) in [5, 5.41) is 14.9. The van der Waals surface area contributed by atoms with E-state index in [1.54, 1.807) is 18.2 Å². The molecule has 0 saturated carbocycles. The maximum absolute atomic E-state index is 13.7. The zero-order valence-electron chi connectivity index (χ0n) is 22.4. The predicted molar refractivity (Wildman–Crippen MR) is 141 cm³/mol. The SMILES string of the molecule is COc1cc(COc2ccc3c(c2)NCCN(C(CN2C(=O)NC(C)(C)C2=O)C(=O)NO)S3(=O)=O)cc(OC)c1. The summed E-state index contributed by atoms with van der Waals surface area (Å²) in [5.74, 6) is -0.167. The summed E-state index contributed by atoms with van der Waals surface area (Å²) in [7, 11) is -1.27. The highest BCUT2D eigenvalue weighted by Gasteiger charge is 2.48. The lowest BCUT2D eigenvalue weighted by Crippen LogP contribution is -2.56. The van der Waals surface area contributed by atoms with E-state index >= 15 is 0 Å². The molecule has 0 radical (unpaired) electrons. The normalized spacial score (nSPS) is 18.6. The molecule has 2 aromatic rings. The minimum absolute atomic E-state index is 0.0869. The van der Waals surface area contributed by atoms with Crippen LogP contribution in [0.5, 0.6) is 17.2 Å². The van der Waals surface area contributed by atoms with E-state index in [9.17, 15) is 28.0 Å². The molecule has 0 spiro atoms. The number of urea groups is 1. The molecule has 2 heterocycles. The lowest BCUT2D eigenvalue weighted by Gasteiger charge is -2.30. The Kier molecular flexibility index (Phi) is 8.09. The molecular weight excluding hydrogens is 546 g/mol. The van der Waals surface area contributed by atoms with E-state index in [1.165, 1.54) is 51.7 Å². The van der Waals surface area contributed by atoms with Crippen LogP contribution in [0.1, 0.15) is 19.4 Å². The molecule has 1 fully saturated rings. The molecule has 216 valence electrons. The topological polar surface area (TPSA) is 176 Å². The van der Waals surface area contributed by atoms with Crippen LogP contribution in [0.3, 0.4) is 0 Å². The van der Waals surface area contributed by atoms with Crippen molar-refractivity contribution in [3.63, 3.8) is 0 Å². The van der Waals surface area contributed by atoms with Gasteiger partial charge < -0.3 is 24.8 Å². The molecule has 0 aromatic heterocycles. The fraction of sp³-hybridized carbons (Fsp3) is 0.400. The summed E-state index contributed by atoms with van der Waals surface area (Å²) in [4.78, 5) is 38.4. The van der Waals surface area contributed by atoms with Crippen LogP contribution in [-0.2, 0) is 26.2 Å². The minimum Gasteiger partial charge on any atom is -0.497 e. The van der Waals surface area contributed by atoms with Crippen molar-refractivity contribution in [3.8, 4) is 17.2 Å². The van der Waals surface area contributed by atoms with Gasteiger partial charge in [-0.2, -0.15) is 4.31 Å². The Balaban J connectivity index is 1.59. The highest BCUT2D eigenvalue weighted by Crippen LogP contribution is 2.33. The Morgan fingerprint density at radius 2 is 1.77 bits per heavy atom. The molecule has 2 aromatic carbocycles. The molecule has 2 aliphatic rings. The number of ether oxygens (including phenoxy) is 3. The molecule has 4 amide bonds. The van der Waals surface area contributed by atoms with E-state index < -0.39 is 46.0 Å². The Labute approximate surface area is 231 Å². The molecule has 4 N–H and O–H groups in total. The Hall–Kier alpha value is -4.08. The van der Waals surface area contributed by atoms with Crippen molar-refractivity contribution in [3.05, 3.63) is 42.0 Å². The summed E-state index contributed by atoms with van der Waals surface area (Å²) in [5.41, 5.74) is 1.23. The number of nitrogens with zero attached hydrogens (tertiary/aromatic N) is 2. The van der Waals surface area contributed by atoms with Crippen LogP contribution in [0, 0.1) is 0 Å². The number of amides is 4. The number of hydrogen-bond donors (Lipinski definition) is 4. The van der Waals surface area contributed by atoms with Gasteiger partial charge in [-0.25, -0.2) is 18.7 Å². The van der Waals surface area contributed by atoms with Crippen LogP contribution in [-0.4, -0.2) is 86.1 Å². The van der Waals surface area contributed by atoms with E-state index in [0.717, 1.165) is 14.8 Å². The zero-order chi connectivity index (χ0) is 29.2. The monoisotopic (exact) mass is 577 g/mol. The molecule has 15 heteroatoms. The van der Waals surface area contributed by atoms with Crippen LogP contribution in [0.2, 0.25) is 0 Å². The van der Waals surface area contributed by atoms with Crippen molar-refractivity contribution >= 4 is 33.6 Å². The summed E-state index contributed by atoms with van der Waals surface area (Å²) in [6, 6.07) is 7.26. The van der Waals surface area contributed by atoms with Gasteiger partial charge in [-0.05, 0) is 43.7 Å². The summed E-state index contributed by atoms with van der Waals surface area (Å²) in [6.45, 7) is 2.42. The Morgan fingerprint density at radius 1 is 1.10 bits per heavy atom. The second kappa shape index (κ2) is 11.2. The first-order valence-corrected chi connectivity index (χ1v) is 13.7. The molecular formula is C25H31N5O9S. The van der Waals surface area contributed by atoms with Crippen molar-refractivity contribution in [2.75, 3.05) is 39.2 Å². The molecule has 2 aliphatic heterocycles. The highest BCUT2D eigenvalue weighted by molar-refractivity contribution is 7.89. The number of hydrogen-bond acceptors (Lipinski definition) is 10. The number of carbonyl (C=O) groups is 3. The third kappa shape index (κ3) is 5.61. The van der Waals surface area contributed by atoms with Crippen LogP contribution in [0.25, 0.3) is 0 Å². The number of nitrogens with one attached hydrogen (secondary N) is 3. The van der Waals surface area contributed by atoms with Gasteiger partial charge in [0.05, 0.1) is 26.5 Å². The minimum atomic E-state index is -4.34. The van der Waals surface area contributed by atoms with Gasteiger partial charge in [0.2, 0.25) is 10.0 Å². The largest absolute Gasteiger partial charge is 0.497 e. The van der Waals surface area contributed by atoms with E-state index in [4.69, 9.17) is 14.2 Å². The van der Waals surface area contributed by atoms with E-state index in [2.05, 4.69) is 10.6 Å². The molecule has 14 nitrogen and oxygen atoms in total. The zero-order valence-corrected chi connectivity index (χ0v) is 23.2. The molecule has 40 heavy (non-hydrogen) atoms. The standard InChI is InChI=1S/C25H31N5O9S/c1-25(2)23(32)29(24(33)27-25)13-20(22(31)28-34)30-8-7-26-19-12-16(5-6-21(19)40(30,35)36)39-14-15-9-17(37-3)11-18(10-15)38-4/h5-6,9-12,20,26,34H,7-8,13-14H2,1-4H3,(H,27,33)(H,28,31). The number of sulfonamides is 1. The quantitative estimate of drug-likeness (QED) is 0.190. The second-order valence-electron chi connectivity index (χ2n) is 9.67. The van der Waals surface area contributed by atoms with Gasteiger partial charge >= 0.3 is 6.03 Å². The first-order valence-electron chi connectivity index (χ1n) is 12.2. The van der Waals surface area contributed by atoms with Crippen molar-refractivity contribution in [1.29, 1.82) is 0 Å². The maximum Gasteiger partial charge on any atom is 0.325 e. The average Bonchev–Trinajstić information content (AvgIpc) is 3.04. The summed E-state index contributed by atoms with van der Waals surface area (Å²) >= 11 is 0. The lowest BCUT2D eigenvalue weighted by atomic mass is 10.1. The summed E-state index contributed by atoms with van der Waals surface area (Å²) in [6.07, 6.45) is 0. The Bertz CT molecular complexity index is 1410. The van der Waals surface area contributed by atoms with Crippen LogP contribution < -0.4 is 30.3 Å². The summed E-state index contributed by atoms with van der Waals surface area (Å²) < 4.78 is 44.8. The number of fused-ring (bicyclic) bond motifs is 1. The number of anilines is 1. The van der Waals surface area contributed by atoms with Gasteiger partial charge in [0.15, 0.2) is 0 Å². The first kappa shape index (κ1) is 28.9. The van der Waals surface area contributed by atoms with Crippen molar-refractivity contribution in [1.82, 2.24) is 20.0 Å². The number of benzene rings is 2. The molecule has 0 bridgehead atoms. The predicted octanol–water partition coefficient (Wildman–Crippen LogP) is 0.903. The first-order chi connectivity index (χ1) is 18.9. The van der Waals surface area contributed by atoms with Crippen molar-refractivity contribution < 1.29 is 42.2 Å². The van der Waals surface area contributed by atoms with Crippen LogP contribution >= 0.6 is 0 Å². The van der Waals surface area contributed by atoms with Crippen molar-refractivity contribution in [2.45, 2.75) is 36.9 Å². The average molecular weight is 578 g/mol. The number of rotatable bonds is 9. The number of imide groups is 1. The van der Waals surface area contributed by atoms with Crippen molar-refractivity contribution in [2.24, 2.45) is 0 Å². The maximum atomic E-state index is 13.7. The molecule has 1 saturated heterocycles. The number of hydroxylamine groups is 1. The highest BCUT2D eigenvalue weighted by atomic mass is 32.2. The van der Waals surface area contributed by atoms with Gasteiger partial charge in [-0.1, -0.05) is 0 Å². The van der Waals surface area contributed by atoms with E-state index in [0.29, 0.717) is 17.2 Å². The molecule has 1 unspecified atom stereocenters. The third-order valence-electron chi connectivity index (χ3n) is 6.56. The fourth-order valence-corrected chi connectivity index (χ4v) is 6.22. The van der Waals surface area contributed by atoms with Crippen LogP contribution in [0.4, 0.5) is 10.5 Å². The molecule has 0 aliphatic carbocycles. The smallest absolute Gasteiger partial charge is 0.325 e. The number of methoxy groups -OCH3 is 2. The van der Waals surface area contributed by atoms with Gasteiger partial charge in [-0.3, -0.25) is 19.7 Å². The van der Waals surface area contributed by atoms with Crippen LogP contribution in [0.15, 0.2) is 41.3 Å². The van der Waals surface area contributed by atoms with Gasteiger partial charge in [0.25, 0.3) is 11.8 Å². The number of carbonyl (C=O) groups excluding carboxylic acids is 3. The molecule has 1 atom stereocenters. The molecule has 4 rings (SSSR count).